The van der Waals surface area contributed by atoms with Gasteiger partial charge in [-0.1, -0.05) is 30.3 Å². The number of aryl methyl sites for hydroxylation is 1. The Balaban J connectivity index is 1.88. The van der Waals surface area contributed by atoms with Crippen molar-refractivity contribution in [3.05, 3.63) is 47.4 Å². The number of aromatic hydroxyl groups is 1. The molecule has 2 heterocycles. The van der Waals surface area contributed by atoms with Crippen LogP contribution in [0.5, 0.6) is 5.88 Å². The number of fused-ring (bicyclic) bond motifs is 1. The maximum atomic E-state index is 11.8. The molecule has 5 nitrogen and oxygen atoms in total. The summed E-state index contributed by atoms with van der Waals surface area (Å²) in [6.45, 7) is 2.64. The Kier molecular flexibility index (Phi) is 3.64. The van der Waals surface area contributed by atoms with Crippen molar-refractivity contribution in [3.63, 3.8) is 0 Å². The van der Waals surface area contributed by atoms with Gasteiger partial charge in [-0.2, -0.15) is 0 Å². The van der Waals surface area contributed by atoms with Crippen LogP contribution in [0.3, 0.4) is 0 Å². The second kappa shape index (κ2) is 5.60. The average Bonchev–Trinajstić information content (AvgIpc) is 2.85. The van der Waals surface area contributed by atoms with E-state index in [-0.39, 0.29) is 18.2 Å². The molecule has 1 aromatic carbocycles. The molecular weight excluding hydrogens is 268 g/mol. The summed E-state index contributed by atoms with van der Waals surface area (Å²) in [5.41, 5.74) is 1.27. The molecule has 0 spiro atoms. The third-order valence-corrected chi connectivity index (χ3v) is 3.88. The number of carbonyl (C=O) groups excluding carboxylic acids is 1. The molecule has 21 heavy (non-hydrogen) atoms. The van der Waals surface area contributed by atoms with Crippen LogP contribution in [0.15, 0.2) is 30.3 Å². The summed E-state index contributed by atoms with van der Waals surface area (Å²) >= 11 is 0. The summed E-state index contributed by atoms with van der Waals surface area (Å²) in [6, 6.07) is 10.2. The van der Waals surface area contributed by atoms with E-state index in [1.165, 1.54) is 5.56 Å². The highest BCUT2D eigenvalue weighted by molar-refractivity contribution is 5.89. The molecule has 1 N–H and O–H groups in total. The smallest absolute Gasteiger partial charge is 0.362 e. The van der Waals surface area contributed by atoms with E-state index in [2.05, 4.69) is 17.1 Å². The first-order chi connectivity index (χ1) is 10.2. The van der Waals surface area contributed by atoms with Crippen molar-refractivity contribution in [1.29, 1.82) is 0 Å². The molecule has 0 fully saturated rings. The predicted molar refractivity (Wildman–Crippen MR) is 77.4 cm³/mol. The van der Waals surface area contributed by atoms with Gasteiger partial charge in [-0.25, -0.2) is 9.78 Å². The van der Waals surface area contributed by atoms with Crippen molar-refractivity contribution >= 4 is 5.97 Å². The van der Waals surface area contributed by atoms with Gasteiger partial charge in [0.1, 0.15) is 5.82 Å². The van der Waals surface area contributed by atoms with Gasteiger partial charge in [-0.15, -0.1) is 0 Å². The first-order valence-electron chi connectivity index (χ1n) is 7.21. The molecule has 5 heteroatoms. The van der Waals surface area contributed by atoms with Crippen LogP contribution >= 0.6 is 0 Å². The minimum atomic E-state index is -0.562. The fourth-order valence-corrected chi connectivity index (χ4v) is 2.82. The highest BCUT2D eigenvalue weighted by Gasteiger charge is 2.28. The number of nitrogens with zero attached hydrogens (tertiary/aromatic N) is 2. The van der Waals surface area contributed by atoms with Gasteiger partial charge in [0.05, 0.1) is 6.61 Å². The zero-order chi connectivity index (χ0) is 14.8. The molecule has 0 amide bonds. The van der Waals surface area contributed by atoms with E-state index < -0.39 is 5.97 Å². The van der Waals surface area contributed by atoms with Gasteiger partial charge in [0, 0.05) is 18.9 Å². The quantitative estimate of drug-likeness (QED) is 0.880. The van der Waals surface area contributed by atoms with Crippen molar-refractivity contribution in [2.75, 3.05) is 6.61 Å². The number of ether oxygens (including phenoxy) is 1. The molecule has 0 aliphatic carbocycles. The number of hydrogen-bond acceptors (Lipinski definition) is 4. The van der Waals surface area contributed by atoms with Crippen LogP contribution in [0.25, 0.3) is 0 Å². The van der Waals surface area contributed by atoms with E-state index in [1.54, 1.807) is 11.5 Å². The standard InChI is InChI=1S/C16H18N2O3/c1-2-21-16(20)14-15(19)18-10-12(8-9-13(18)17-14)11-6-4-3-5-7-11/h3-7,12,19H,2,8-10H2,1H3. The summed E-state index contributed by atoms with van der Waals surface area (Å²) in [7, 11) is 0. The van der Waals surface area contributed by atoms with Crippen LogP contribution in [0, 0.1) is 0 Å². The van der Waals surface area contributed by atoms with Gasteiger partial charge in [0.2, 0.25) is 11.6 Å². The largest absolute Gasteiger partial charge is 0.493 e. The topological polar surface area (TPSA) is 64.3 Å². The van der Waals surface area contributed by atoms with Crippen LogP contribution < -0.4 is 0 Å². The molecule has 0 bridgehead atoms. The van der Waals surface area contributed by atoms with Crippen LogP contribution in [0.2, 0.25) is 0 Å². The maximum Gasteiger partial charge on any atom is 0.362 e. The Morgan fingerprint density at radius 2 is 2.19 bits per heavy atom. The van der Waals surface area contributed by atoms with Gasteiger partial charge in [-0.3, -0.25) is 4.57 Å². The Morgan fingerprint density at radius 1 is 1.43 bits per heavy atom. The van der Waals surface area contributed by atoms with E-state index in [0.717, 1.165) is 18.7 Å². The summed E-state index contributed by atoms with van der Waals surface area (Å²) in [6.07, 6.45) is 1.70. The highest BCUT2D eigenvalue weighted by atomic mass is 16.5. The van der Waals surface area contributed by atoms with Crippen molar-refractivity contribution < 1.29 is 14.6 Å². The molecule has 0 saturated carbocycles. The Labute approximate surface area is 123 Å². The zero-order valence-electron chi connectivity index (χ0n) is 12.0. The van der Waals surface area contributed by atoms with Crippen LogP contribution in [0.4, 0.5) is 0 Å². The number of imidazole rings is 1. The highest BCUT2D eigenvalue weighted by Crippen LogP contribution is 2.33. The van der Waals surface area contributed by atoms with Crippen LogP contribution in [-0.4, -0.2) is 27.2 Å². The Hall–Kier alpha value is -2.30. The lowest BCUT2D eigenvalue weighted by Gasteiger charge is -2.24. The van der Waals surface area contributed by atoms with Gasteiger partial charge in [-0.05, 0) is 18.9 Å². The first-order valence-corrected chi connectivity index (χ1v) is 7.21. The van der Waals surface area contributed by atoms with Crippen molar-refractivity contribution in [1.82, 2.24) is 9.55 Å². The van der Waals surface area contributed by atoms with Gasteiger partial charge >= 0.3 is 5.97 Å². The van der Waals surface area contributed by atoms with Crippen LogP contribution in [-0.2, 0) is 17.7 Å². The van der Waals surface area contributed by atoms with E-state index in [0.29, 0.717) is 12.5 Å². The number of carbonyl (C=O) groups is 1. The molecule has 0 radical (unpaired) electrons. The number of aromatic nitrogens is 2. The Morgan fingerprint density at radius 3 is 2.90 bits per heavy atom. The van der Waals surface area contributed by atoms with Gasteiger partial charge in [0.25, 0.3) is 0 Å². The number of hydrogen-bond donors (Lipinski definition) is 1. The fraction of sp³-hybridized carbons (Fsp3) is 0.375. The minimum Gasteiger partial charge on any atom is -0.493 e. The van der Waals surface area contributed by atoms with E-state index >= 15 is 0 Å². The maximum absolute atomic E-state index is 11.8. The Bertz CT molecular complexity index is 649. The summed E-state index contributed by atoms with van der Waals surface area (Å²) in [4.78, 5) is 16.0. The van der Waals surface area contributed by atoms with E-state index in [9.17, 15) is 9.90 Å². The SMILES string of the molecule is CCOC(=O)c1nc2n(c1O)CC(c1ccccc1)CC2. The molecule has 2 aromatic rings. The van der Waals surface area contributed by atoms with E-state index in [4.69, 9.17) is 4.74 Å². The zero-order valence-corrected chi connectivity index (χ0v) is 12.0. The number of rotatable bonds is 3. The average molecular weight is 286 g/mol. The van der Waals surface area contributed by atoms with Crippen molar-refractivity contribution in [3.8, 4) is 5.88 Å². The second-order valence-corrected chi connectivity index (χ2v) is 5.18. The van der Waals surface area contributed by atoms with Crippen LogP contribution in [0.1, 0.15) is 41.1 Å². The summed E-state index contributed by atoms with van der Waals surface area (Å²) in [5, 5.41) is 10.2. The number of benzene rings is 1. The van der Waals surface area contributed by atoms with E-state index in [1.807, 2.05) is 18.2 Å². The van der Waals surface area contributed by atoms with Gasteiger partial charge < -0.3 is 9.84 Å². The molecule has 3 rings (SSSR count). The van der Waals surface area contributed by atoms with Crippen molar-refractivity contribution in [2.24, 2.45) is 0 Å². The summed E-state index contributed by atoms with van der Waals surface area (Å²) in [5.74, 6) is 0.439. The lowest BCUT2D eigenvalue weighted by Crippen LogP contribution is -2.18. The second-order valence-electron chi connectivity index (χ2n) is 5.18. The predicted octanol–water partition coefficient (Wildman–Crippen LogP) is 2.50. The fourth-order valence-electron chi connectivity index (χ4n) is 2.82. The monoisotopic (exact) mass is 286 g/mol. The third kappa shape index (κ3) is 2.51. The molecule has 0 saturated heterocycles. The minimum absolute atomic E-state index is 0.0283. The third-order valence-electron chi connectivity index (χ3n) is 3.88. The molecule has 1 unspecified atom stereocenters. The normalized spacial score (nSPS) is 17.3. The lowest BCUT2D eigenvalue weighted by molar-refractivity contribution is 0.0516. The summed E-state index contributed by atoms with van der Waals surface area (Å²) < 4.78 is 6.65. The molecule has 1 atom stereocenters. The molecular formula is C16H18N2O3. The van der Waals surface area contributed by atoms with Gasteiger partial charge in [0.15, 0.2) is 0 Å². The molecule has 1 aliphatic rings. The van der Waals surface area contributed by atoms with Crippen molar-refractivity contribution in [2.45, 2.75) is 32.2 Å². The lowest BCUT2D eigenvalue weighted by atomic mass is 9.92. The first kappa shape index (κ1) is 13.7. The number of esters is 1. The molecule has 110 valence electrons. The molecule has 1 aliphatic heterocycles. The molecule has 1 aromatic heterocycles.